The number of anilines is 1. The highest BCUT2D eigenvalue weighted by Crippen LogP contribution is 2.35. The molecule has 0 unspecified atom stereocenters. The van der Waals surface area contributed by atoms with Gasteiger partial charge in [-0.15, -0.1) is 0 Å². The first-order chi connectivity index (χ1) is 10.8. The number of nitrogens with one attached hydrogen (secondary N) is 1. The van der Waals surface area contributed by atoms with Crippen LogP contribution in [-0.2, 0) is 9.59 Å². The van der Waals surface area contributed by atoms with Gasteiger partial charge in [0.15, 0.2) is 0 Å². The smallest absolute Gasteiger partial charge is 0.307 e. The molecule has 0 saturated heterocycles. The van der Waals surface area contributed by atoms with Gasteiger partial charge in [0.2, 0.25) is 5.91 Å². The van der Waals surface area contributed by atoms with E-state index in [0.29, 0.717) is 24.4 Å². The summed E-state index contributed by atoms with van der Waals surface area (Å²) in [5, 5.41) is 12.3. The highest BCUT2D eigenvalue weighted by atomic mass is 16.4. The van der Waals surface area contributed by atoms with Crippen LogP contribution in [-0.4, -0.2) is 17.0 Å². The van der Waals surface area contributed by atoms with Crippen molar-refractivity contribution in [3.63, 3.8) is 0 Å². The van der Waals surface area contributed by atoms with Crippen molar-refractivity contribution in [1.82, 2.24) is 0 Å². The van der Waals surface area contributed by atoms with Crippen molar-refractivity contribution < 1.29 is 14.7 Å². The predicted molar refractivity (Wildman–Crippen MR) is 91.4 cm³/mol. The standard InChI is InChI=1S/C19H25NO3/c1-11(2)14-5-7-15(8-6-14)20-18(21)16-9-12(3)13(4)10-17(16)19(22)23/h5-8,11,16-17H,9-10H2,1-4H3,(H,20,21)(H,22,23)/t16-,17-/m1/s1. The molecule has 1 amide bonds. The zero-order valence-electron chi connectivity index (χ0n) is 14.2. The molecule has 0 aromatic heterocycles. The third-order valence-corrected chi connectivity index (χ3v) is 4.77. The van der Waals surface area contributed by atoms with E-state index in [-0.39, 0.29) is 5.91 Å². The Kier molecular flexibility index (Phi) is 5.24. The molecule has 4 nitrogen and oxygen atoms in total. The van der Waals surface area contributed by atoms with E-state index in [4.69, 9.17) is 0 Å². The number of hydrogen-bond acceptors (Lipinski definition) is 2. The Hall–Kier alpha value is -2.10. The Morgan fingerprint density at radius 3 is 2.04 bits per heavy atom. The summed E-state index contributed by atoms with van der Waals surface area (Å²) in [7, 11) is 0. The molecular formula is C19H25NO3. The summed E-state index contributed by atoms with van der Waals surface area (Å²) in [5.41, 5.74) is 4.13. The highest BCUT2D eigenvalue weighted by molar-refractivity contribution is 5.95. The minimum Gasteiger partial charge on any atom is -0.481 e. The number of rotatable bonds is 4. The van der Waals surface area contributed by atoms with Gasteiger partial charge >= 0.3 is 5.97 Å². The van der Waals surface area contributed by atoms with E-state index in [1.165, 1.54) is 5.56 Å². The third kappa shape index (κ3) is 4.01. The van der Waals surface area contributed by atoms with E-state index in [0.717, 1.165) is 11.1 Å². The maximum absolute atomic E-state index is 12.6. The van der Waals surface area contributed by atoms with Gasteiger partial charge in [-0.1, -0.05) is 37.1 Å². The van der Waals surface area contributed by atoms with E-state index < -0.39 is 17.8 Å². The number of carboxylic acids is 1. The van der Waals surface area contributed by atoms with E-state index in [2.05, 4.69) is 19.2 Å². The van der Waals surface area contributed by atoms with E-state index in [1.807, 2.05) is 38.1 Å². The second-order valence-corrected chi connectivity index (χ2v) is 6.79. The summed E-state index contributed by atoms with van der Waals surface area (Å²) < 4.78 is 0. The molecular weight excluding hydrogens is 290 g/mol. The van der Waals surface area contributed by atoms with Gasteiger partial charge in [-0.2, -0.15) is 0 Å². The summed E-state index contributed by atoms with van der Waals surface area (Å²) in [6, 6.07) is 7.73. The van der Waals surface area contributed by atoms with E-state index in [9.17, 15) is 14.7 Å². The molecule has 1 aliphatic rings. The van der Waals surface area contributed by atoms with Crippen LogP contribution in [0.4, 0.5) is 5.69 Å². The van der Waals surface area contributed by atoms with Crippen molar-refractivity contribution in [3.8, 4) is 0 Å². The Morgan fingerprint density at radius 1 is 1.04 bits per heavy atom. The van der Waals surface area contributed by atoms with Crippen LogP contribution in [0.2, 0.25) is 0 Å². The summed E-state index contributed by atoms with van der Waals surface area (Å²) in [4.78, 5) is 24.0. The molecule has 0 spiro atoms. The molecule has 1 aliphatic carbocycles. The Bertz CT molecular complexity index is 629. The number of carbonyl (C=O) groups excluding carboxylic acids is 1. The number of benzene rings is 1. The van der Waals surface area contributed by atoms with Crippen molar-refractivity contribution >= 4 is 17.6 Å². The normalized spacial score (nSPS) is 21.4. The number of carbonyl (C=O) groups is 2. The number of aliphatic carboxylic acids is 1. The van der Waals surface area contributed by atoms with Crippen LogP contribution < -0.4 is 5.32 Å². The second-order valence-electron chi connectivity index (χ2n) is 6.79. The predicted octanol–water partition coefficient (Wildman–Crippen LogP) is 4.20. The van der Waals surface area contributed by atoms with Gasteiger partial charge in [-0.25, -0.2) is 0 Å². The maximum Gasteiger partial charge on any atom is 0.307 e. The topological polar surface area (TPSA) is 66.4 Å². The van der Waals surface area contributed by atoms with E-state index >= 15 is 0 Å². The summed E-state index contributed by atoms with van der Waals surface area (Å²) in [6.07, 6.45) is 0.963. The van der Waals surface area contributed by atoms with E-state index in [1.54, 1.807) is 0 Å². The zero-order chi connectivity index (χ0) is 17.1. The van der Waals surface area contributed by atoms with Gasteiger partial charge in [-0.3, -0.25) is 9.59 Å². The van der Waals surface area contributed by atoms with Crippen LogP contribution in [0.25, 0.3) is 0 Å². The number of amides is 1. The minimum atomic E-state index is -0.896. The molecule has 2 rings (SSSR count). The molecule has 2 atom stereocenters. The monoisotopic (exact) mass is 315 g/mol. The minimum absolute atomic E-state index is 0.207. The molecule has 0 saturated carbocycles. The highest BCUT2D eigenvalue weighted by Gasteiger charge is 2.37. The number of hydrogen-bond donors (Lipinski definition) is 2. The lowest BCUT2D eigenvalue weighted by Gasteiger charge is -2.29. The first kappa shape index (κ1) is 17.3. The van der Waals surface area contributed by atoms with Gasteiger partial charge in [0.25, 0.3) is 0 Å². The summed E-state index contributed by atoms with van der Waals surface area (Å²) >= 11 is 0. The second kappa shape index (κ2) is 6.99. The lowest BCUT2D eigenvalue weighted by Crippen LogP contribution is -2.36. The largest absolute Gasteiger partial charge is 0.481 e. The third-order valence-electron chi connectivity index (χ3n) is 4.77. The summed E-state index contributed by atoms with van der Waals surface area (Å²) in [6.45, 7) is 8.16. The van der Waals surface area contributed by atoms with Crippen LogP contribution in [0.15, 0.2) is 35.4 Å². The van der Waals surface area contributed by atoms with Crippen molar-refractivity contribution in [2.75, 3.05) is 5.32 Å². The van der Waals surface area contributed by atoms with Gasteiger partial charge in [0.05, 0.1) is 11.8 Å². The van der Waals surface area contributed by atoms with Crippen LogP contribution >= 0.6 is 0 Å². The van der Waals surface area contributed by atoms with Gasteiger partial charge in [0, 0.05) is 5.69 Å². The molecule has 0 bridgehead atoms. The van der Waals surface area contributed by atoms with Crippen molar-refractivity contribution in [3.05, 3.63) is 41.0 Å². The molecule has 0 aliphatic heterocycles. The average Bonchev–Trinajstić information content (AvgIpc) is 2.49. The Morgan fingerprint density at radius 2 is 1.57 bits per heavy atom. The maximum atomic E-state index is 12.6. The molecule has 23 heavy (non-hydrogen) atoms. The molecule has 0 radical (unpaired) electrons. The average molecular weight is 315 g/mol. The number of carboxylic acid groups (broad SMARTS) is 1. The number of allylic oxidation sites excluding steroid dienone is 2. The van der Waals surface area contributed by atoms with Gasteiger partial charge in [0.1, 0.15) is 0 Å². The SMILES string of the molecule is CC1=C(C)C[C@@H](C(=O)Nc2ccc(C(C)C)cc2)[C@H](C(=O)O)C1. The van der Waals surface area contributed by atoms with Crippen LogP contribution in [0, 0.1) is 11.8 Å². The molecule has 124 valence electrons. The molecule has 1 aromatic rings. The molecule has 0 fully saturated rings. The van der Waals surface area contributed by atoms with Crippen molar-refractivity contribution in [2.24, 2.45) is 11.8 Å². The van der Waals surface area contributed by atoms with Crippen LogP contribution in [0.3, 0.4) is 0 Å². The zero-order valence-corrected chi connectivity index (χ0v) is 14.2. The van der Waals surface area contributed by atoms with Gasteiger partial charge in [-0.05, 0) is 50.3 Å². The molecule has 2 N–H and O–H groups in total. The quantitative estimate of drug-likeness (QED) is 0.818. The summed E-state index contributed by atoms with van der Waals surface area (Å²) in [5.74, 6) is -1.83. The molecule has 0 heterocycles. The van der Waals surface area contributed by atoms with Crippen LogP contribution in [0.5, 0.6) is 0 Å². The lowest BCUT2D eigenvalue weighted by molar-refractivity contribution is -0.146. The fraction of sp³-hybridized carbons (Fsp3) is 0.474. The van der Waals surface area contributed by atoms with Crippen molar-refractivity contribution in [2.45, 2.75) is 46.5 Å². The Balaban J connectivity index is 2.13. The fourth-order valence-electron chi connectivity index (χ4n) is 3.01. The fourth-order valence-corrected chi connectivity index (χ4v) is 3.01. The van der Waals surface area contributed by atoms with Crippen molar-refractivity contribution in [1.29, 1.82) is 0 Å². The lowest BCUT2D eigenvalue weighted by atomic mass is 9.76. The van der Waals surface area contributed by atoms with Gasteiger partial charge < -0.3 is 10.4 Å². The molecule has 1 aromatic carbocycles. The molecule has 4 heteroatoms. The van der Waals surface area contributed by atoms with Crippen LogP contribution in [0.1, 0.15) is 52.0 Å². The first-order valence-electron chi connectivity index (χ1n) is 8.08. The first-order valence-corrected chi connectivity index (χ1v) is 8.08. The Labute approximate surface area is 137 Å².